The molecule has 19 heavy (non-hydrogen) atoms. The first-order valence-electron chi connectivity index (χ1n) is 7.27. The lowest BCUT2D eigenvalue weighted by Gasteiger charge is -2.17. The van der Waals surface area contributed by atoms with E-state index in [1.165, 1.54) is 22.5 Å². The topological polar surface area (TPSA) is 24.9 Å². The molecule has 0 bridgehead atoms. The van der Waals surface area contributed by atoms with E-state index in [0.717, 1.165) is 24.4 Å². The molecule has 0 saturated heterocycles. The SMILES string of the molecule is CCNC(CCC(C)C)Cc1nc2ccccc2s1. The van der Waals surface area contributed by atoms with E-state index in [1.54, 1.807) is 0 Å². The van der Waals surface area contributed by atoms with Gasteiger partial charge in [0.15, 0.2) is 0 Å². The van der Waals surface area contributed by atoms with Crippen molar-refractivity contribution in [1.82, 2.24) is 10.3 Å². The van der Waals surface area contributed by atoms with Crippen LogP contribution in [0.15, 0.2) is 24.3 Å². The highest BCUT2D eigenvalue weighted by atomic mass is 32.1. The number of benzene rings is 1. The van der Waals surface area contributed by atoms with Crippen molar-refractivity contribution in [2.75, 3.05) is 6.54 Å². The maximum atomic E-state index is 4.74. The molecule has 0 spiro atoms. The van der Waals surface area contributed by atoms with Gasteiger partial charge in [-0.2, -0.15) is 0 Å². The molecule has 1 atom stereocenters. The Bertz CT molecular complexity index is 471. The Balaban J connectivity index is 2.02. The number of aromatic nitrogens is 1. The smallest absolute Gasteiger partial charge is 0.0954 e. The van der Waals surface area contributed by atoms with Crippen LogP contribution in [-0.2, 0) is 6.42 Å². The molecule has 3 heteroatoms. The highest BCUT2D eigenvalue weighted by Gasteiger charge is 2.12. The van der Waals surface area contributed by atoms with Gasteiger partial charge in [-0.3, -0.25) is 0 Å². The molecule has 0 amide bonds. The molecule has 2 nitrogen and oxygen atoms in total. The maximum absolute atomic E-state index is 4.74. The van der Waals surface area contributed by atoms with E-state index < -0.39 is 0 Å². The van der Waals surface area contributed by atoms with Gasteiger partial charge in [0.2, 0.25) is 0 Å². The van der Waals surface area contributed by atoms with Gasteiger partial charge in [-0.05, 0) is 37.4 Å². The number of nitrogens with zero attached hydrogens (tertiary/aromatic N) is 1. The molecule has 2 aromatic rings. The van der Waals surface area contributed by atoms with Gasteiger partial charge in [-0.1, -0.05) is 32.9 Å². The summed E-state index contributed by atoms with van der Waals surface area (Å²) in [4.78, 5) is 4.74. The van der Waals surface area contributed by atoms with Crippen LogP contribution in [0.1, 0.15) is 38.6 Å². The molecule has 0 aliphatic rings. The molecule has 1 unspecified atom stereocenters. The first-order valence-corrected chi connectivity index (χ1v) is 8.08. The quantitative estimate of drug-likeness (QED) is 0.817. The Hall–Kier alpha value is -0.930. The van der Waals surface area contributed by atoms with Crippen LogP contribution in [0.5, 0.6) is 0 Å². The fourth-order valence-corrected chi connectivity index (χ4v) is 3.36. The summed E-state index contributed by atoms with van der Waals surface area (Å²) in [5.74, 6) is 0.775. The maximum Gasteiger partial charge on any atom is 0.0954 e. The summed E-state index contributed by atoms with van der Waals surface area (Å²) in [6.45, 7) is 7.80. The van der Waals surface area contributed by atoms with Crippen LogP contribution in [0, 0.1) is 5.92 Å². The van der Waals surface area contributed by atoms with Crippen LogP contribution in [0.4, 0.5) is 0 Å². The summed E-state index contributed by atoms with van der Waals surface area (Å²) in [6.07, 6.45) is 3.57. The molecule has 1 heterocycles. The van der Waals surface area contributed by atoms with E-state index in [2.05, 4.69) is 50.4 Å². The van der Waals surface area contributed by atoms with Crippen molar-refractivity contribution in [2.24, 2.45) is 5.92 Å². The Morgan fingerprint density at radius 2 is 2.00 bits per heavy atom. The lowest BCUT2D eigenvalue weighted by atomic mass is 10.0. The fourth-order valence-electron chi connectivity index (χ4n) is 2.32. The summed E-state index contributed by atoms with van der Waals surface area (Å²) >= 11 is 1.83. The largest absolute Gasteiger partial charge is 0.314 e. The monoisotopic (exact) mass is 276 g/mol. The number of rotatable bonds is 7. The molecule has 1 aromatic carbocycles. The lowest BCUT2D eigenvalue weighted by Crippen LogP contribution is -2.31. The van der Waals surface area contributed by atoms with Crippen molar-refractivity contribution in [3.05, 3.63) is 29.3 Å². The minimum Gasteiger partial charge on any atom is -0.314 e. The summed E-state index contributed by atoms with van der Waals surface area (Å²) in [5.41, 5.74) is 1.14. The van der Waals surface area contributed by atoms with Crippen molar-refractivity contribution < 1.29 is 0 Å². The molecule has 104 valence electrons. The summed E-state index contributed by atoms with van der Waals surface area (Å²) in [6, 6.07) is 8.98. The lowest BCUT2D eigenvalue weighted by molar-refractivity contribution is 0.434. The molecule has 0 aliphatic carbocycles. The van der Waals surface area contributed by atoms with E-state index in [0.29, 0.717) is 6.04 Å². The molecule has 0 fully saturated rings. The van der Waals surface area contributed by atoms with E-state index in [4.69, 9.17) is 4.98 Å². The normalized spacial score (nSPS) is 13.3. The van der Waals surface area contributed by atoms with Crippen LogP contribution in [0.2, 0.25) is 0 Å². The van der Waals surface area contributed by atoms with Crippen LogP contribution >= 0.6 is 11.3 Å². The van der Waals surface area contributed by atoms with Crippen molar-refractivity contribution in [1.29, 1.82) is 0 Å². The average molecular weight is 276 g/mol. The van der Waals surface area contributed by atoms with Crippen LogP contribution in [0.25, 0.3) is 10.2 Å². The van der Waals surface area contributed by atoms with E-state index in [9.17, 15) is 0 Å². The van der Waals surface area contributed by atoms with Crippen LogP contribution in [-0.4, -0.2) is 17.6 Å². The van der Waals surface area contributed by atoms with Crippen molar-refractivity contribution in [3.63, 3.8) is 0 Å². The summed E-state index contributed by atoms with van der Waals surface area (Å²) in [7, 11) is 0. The van der Waals surface area contributed by atoms with Gasteiger partial charge in [-0.25, -0.2) is 4.98 Å². The zero-order valence-corrected chi connectivity index (χ0v) is 13.0. The Kier molecular flexibility index (Phi) is 5.34. The second-order valence-electron chi connectivity index (χ2n) is 5.51. The first kappa shape index (κ1) is 14.5. The van der Waals surface area contributed by atoms with E-state index in [-0.39, 0.29) is 0 Å². The van der Waals surface area contributed by atoms with Gasteiger partial charge >= 0.3 is 0 Å². The van der Waals surface area contributed by atoms with Gasteiger partial charge in [0.05, 0.1) is 15.2 Å². The number of likely N-dealkylation sites (N-methyl/N-ethyl adjacent to an activating group) is 1. The number of hydrogen-bond acceptors (Lipinski definition) is 3. The summed E-state index contributed by atoms with van der Waals surface area (Å²) in [5, 5.41) is 4.86. The predicted octanol–water partition coefficient (Wildman–Crippen LogP) is 4.25. The second-order valence-corrected chi connectivity index (χ2v) is 6.62. The third-order valence-corrected chi connectivity index (χ3v) is 4.40. The zero-order chi connectivity index (χ0) is 13.7. The van der Waals surface area contributed by atoms with Crippen LogP contribution < -0.4 is 5.32 Å². The Labute approximate surface area is 120 Å². The number of fused-ring (bicyclic) bond motifs is 1. The van der Waals surface area contributed by atoms with Gasteiger partial charge in [0.1, 0.15) is 0 Å². The molecule has 0 radical (unpaired) electrons. The number of para-hydroxylation sites is 1. The molecular formula is C16H24N2S. The van der Waals surface area contributed by atoms with Crippen LogP contribution in [0.3, 0.4) is 0 Å². The van der Waals surface area contributed by atoms with Gasteiger partial charge in [-0.15, -0.1) is 11.3 Å². The van der Waals surface area contributed by atoms with Gasteiger partial charge < -0.3 is 5.32 Å². The highest BCUT2D eigenvalue weighted by molar-refractivity contribution is 7.18. The van der Waals surface area contributed by atoms with Gasteiger partial charge in [0.25, 0.3) is 0 Å². The molecule has 0 saturated carbocycles. The van der Waals surface area contributed by atoms with Crippen molar-refractivity contribution >= 4 is 21.6 Å². The minimum absolute atomic E-state index is 0.563. The van der Waals surface area contributed by atoms with Crippen molar-refractivity contribution in [3.8, 4) is 0 Å². The van der Waals surface area contributed by atoms with E-state index >= 15 is 0 Å². The standard InChI is InChI=1S/C16H24N2S/c1-4-17-13(10-9-12(2)3)11-16-18-14-7-5-6-8-15(14)19-16/h5-8,12-13,17H,4,9-11H2,1-3H3. The predicted molar refractivity (Wildman–Crippen MR) is 84.9 cm³/mol. The Morgan fingerprint density at radius 3 is 2.68 bits per heavy atom. The zero-order valence-electron chi connectivity index (χ0n) is 12.1. The number of thiazole rings is 1. The fraction of sp³-hybridized carbons (Fsp3) is 0.562. The third-order valence-electron chi connectivity index (χ3n) is 3.34. The molecule has 1 aromatic heterocycles. The molecular weight excluding hydrogens is 252 g/mol. The number of hydrogen-bond donors (Lipinski definition) is 1. The Morgan fingerprint density at radius 1 is 1.21 bits per heavy atom. The second kappa shape index (κ2) is 7.01. The molecule has 0 aliphatic heterocycles. The summed E-state index contributed by atoms with van der Waals surface area (Å²) < 4.78 is 1.30. The van der Waals surface area contributed by atoms with E-state index in [1.807, 2.05) is 11.3 Å². The molecule has 1 N–H and O–H groups in total. The first-order chi connectivity index (χ1) is 9.19. The minimum atomic E-state index is 0.563. The number of nitrogens with one attached hydrogen (secondary N) is 1. The van der Waals surface area contributed by atoms with Crippen molar-refractivity contribution in [2.45, 2.75) is 46.1 Å². The average Bonchev–Trinajstić information content (AvgIpc) is 2.78. The third kappa shape index (κ3) is 4.29. The van der Waals surface area contributed by atoms with Gasteiger partial charge in [0, 0.05) is 12.5 Å². The molecule has 2 rings (SSSR count). The highest BCUT2D eigenvalue weighted by Crippen LogP contribution is 2.23.